The number of halogens is 2. The second-order valence-electron chi connectivity index (χ2n) is 1.74. The maximum Gasteiger partial charge on any atom is 0.139 e. The number of rotatable bonds is 0. The van der Waals surface area contributed by atoms with Gasteiger partial charge in [-0.1, -0.05) is 0 Å². The van der Waals surface area contributed by atoms with Crippen LogP contribution in [0.15, 0.2) is 0 Å². The predicted octanol–water partition coefficient (Wildman–Crippen LogP) is -0.290. The molecule has 2 atom stereocenters. The second-order valence-corrected chi connectivity index (χ2v) is 1.74. The molecule has 1 unspecified atom stereocenters. The van der Waals surface area contributed by atoms with Crippen molar-refractivity contribution in [3.8, 4) is 0 Å². The van der Waals surface area contributed by atoms with E-state index in [1.807, 2.05) is 0 Å². The number of aliphatic hydroxyl groups is 1. The van der Waals surface area contributed by atoms with Crippen molar-refractivity contribution >= 4 is 12.4 Å². The lowest BCUT2D eigenvalue weighted by Gasteiger charge is -1.98. The third-order valence-electron chi connectivity index (χ3n) is 1.11. The Hall–Kier alpha value is 0.140. The molecule has 2 nitrogen and oxygen atoms in total. The molecule has 1 rings (SSSR count). The Bertz CT molecular complexity index is 65.1. The van der Waals surface area contributed by atoms with Gasteiger partial charge in [-0.2, -0.15) is 0 Å². The highest BCUT2D eigenvalue weighted by atomic mass is 35.5. The highest BCUT2D eigenvalue weighted by molar-refractivity contribution is 5.85. The minimum atomic E-state index is -1.04. The molecule has 1 heterocycles. The highest BCUT2D eigenvalue weighted by Crippen LogP contribution is 2.01. The quantitative estimate of drug-likeness (QED) is 0.486. The zero-order valence-electron chi connectivity index (χ0n) is 4.30. The number of aliphatic hydroxyl groups excluding tert-OH is 1. The second kappa shape index (κ2) is 3.22. The van der Waals surface area contributed by atoms with E-state index in [4.69, 9.17) is 5.11 Å². The summed E-state index contributed by atoms with van der Waals surface area (Å²) in [7, 11) is 0. The molecule has 0 aromatic carbocycles. The summed E-state index contributed by atoms with van der Waals surface area (Å²) in [4.78, 5) is 0. The minimum Gasteiger partial charge on any atom is -0.389 e. The normalized spacial score (nSPS) is 36.8. The molecule has 1 aliphatic heterocycles. The van der Waals surface area contributed by atoms with Crippen LogP contribution in [0.2, 0.25) is 0 Å². The number of hydrogen-bond acceptors (Lipinski definition) is 2. The van der Waals surface area contributed by atoms with Crippen molar-refractivity contribution in [1.82, 2.24) is 5.32 Å². The van der Waals surface area contributed by atoms with Crippen LogP contribution in [-0.2, 0) is 0 Å². The van der Waals surface area contributed by atoms with E-state index in [0.717, 1.165) is 0 Å². The van der Waals surface area contributed by atoms with E-state index in [1.165, 1.54) is 0 Å². The van der Waals surface area contributed by atoms with Crippen LogP contribution in [0, 0.1) is 0 Å². The number of β-amino-alcohol motifs (C(OH)–C–C–N with tert-alkyl or cyclic N) is 1. The Kier molecular flexibility index (Phi) is 3.28. The maximum atomic E-state index is 12.0. The van der Waals surface area contributed by atoms with Crippen molar-refractivity contribution in [1.29, 1.82) is 0 Å². The van der Waals surface area contributed by atoms with E-state index in [0.29, 0.717) is 13.1 Å². The summed E-state index contributed by atoms with van der Waals surface area (Å²) in [6.07, 6.45) is -1.81. The number of hydrogen-bond donors (Lipinski definition) is 2. The van der Waals surface area contributed by atoms with Crippen molar-refractivity contribution in [3.05, 3.63) is 0 Å². The zero-order valence-corrected chi connectivity index (χ0v) is 5.12. The molecule has 50 valence electrons. The van der Waals surface area contributed by atoms with E-state index in [-0.39, 0.29) is 12.4 Å². The van der Waals surface area contributed by atoms with Crippen molar-refractivity contribution < 1.29 is 9.50 Å². The lowest BCUT2D eigenvalue weighted by molar-refractivity contribution is 0.118. The summed E-state index contributed by atoms with van der Waals surface area (Å²) >= 11 is 0. The minimum absolute atomic E-state index is 0. The maximum absolute atomic E-state index is 12.0. The summed E-state index contributed by atoms with van der Waals surface area (Å²) in [6.45, 7) is 0.711. The summed E-state index contributed by atoms with van der Waals surface area (Å²) in [5.41, 5.74) is 0. The summed E-state index contributed by atoms with van der Waals surface area (Å²) in [5.74, 6) is 0. The lowest BCUT2D eigenvalue weighted by atomic mass is 10.3. The lowest BCUT2D eigenvalue weighted by Crippen LogP contribution is -2.17. The van der Waals surface area contributed by atoms with E-state index in [1.54, 1.807) is 0 Å². The van der Waals surface area contributed by atoms with Crippen LogP contribution < -0.4 is 5.32 Å². The zero-order chi connectivity index (χ0) is 5.28. The van der Waals surface area contributed by atoms with Gasteiger partial charge in [-0.25, -0.2) is 4.39 Å². The van der Waals surface area contributed by atoms with Crippen molar-refractivity contribution in [2.75, 3.05) is 13.1 Å². The van der Waals surface area contributed by atoms with Gasteiger partial charge in [0.15, 0.2) is 0 Å². The molecular formula is C4H9ClFNO. The van der Waals surface area contributed by atoms with Crippen LogP contribution in [0.3, 0.4) is 0 Å². The fourth-order valence-electron chi connectivity index (χ4n) is 0.633. The molecule has 1 saturated heterocycles. The molecule has 0 bridgehead atoms. The molecule has 0 radical (unpaired) electrons. The van der Waals surface area contributed by atoms with Gasteiger partial charge in [0.2, 0.25) is 0 Å². The third-order valence-corrected chi connectivity index (χ3v) is 1.11. The van der Waals surface area contributed by atoms with Crippen molar-refractivity contribution in [3.63, 3.8) is 0 Å². The molecule has 0 spiro atoms. The standard InChI is InChI=1S/C4H8FNO.ClH/c5-3-1-6-2-4(3)7;/h3-4,6-7H,1-2H2;1H/t3?,4-;/m1./s1. The van der Waals surface area contributed by atoms with Crippen LogP contribution in [0.5, 0.6) is 0 Å². The first-order chi connectivity index (χ1) is 3.30. The Morgan fingerprint density at radius 3 is 2.25 bits per heavy atom. The largest absolute Gasteiger partial charge is 0.389 e. The molecular weight excluding hydrogens is 133 g/mol. The van der Waals surface area contributed by atoms with Crippen LogP contribution in [0.1, 0.15) is 0 Å². The van der Waals surface area contributed by atoms with E-state index in [2.05, 4.69) is 5.32 Å². The molecule has 8 heavy (non-hydrogen) atoms. The average Bonchev–Trinajstić information content (AvgIpc) is 1.91. The molecule has 0 saturated carbocycles. The summed E-state index contributed by atoms with van der Waals surface area (Å²) in [5, 5.41) is 11.3. The fraction of sp³-hybridized carbons (Fsp3) is 1.00. The van der Waals surface area contributed by atoms with Gasteiger partial charge in [-0.3, -0.25) is 0 Å². The predicted molar refractivity (Wildman–Crippen MR) is 31.0 cm³/mol. The SMILES string of the molecule is Cl.O[C@@H]1CNCC1F. The van der Waals surface area contributed by atoms with Gasteiger partial charge in [0.1, 0.15) is 6.17 Å². The molecule has 0 aliphatic carbocycles. The van der Waals surface area contributed by atoms with Gasteiger partial charge >= 0.3 is 0 Å². The molecule has 0 aromatic rings. The van der Waals surface area contributed by atoms with Gasteiger partial charge in [-0.15, -0.1) is 12.4 Å². The monoisotopic (exact) mass is 141 g/mol. The van der Waals surface area contributed by atoms with E-state index < -0.39 is 12.3 Å². The molecule has 0 amide bonds. The van der Waals surface area contributed by atoms with Crippen LogP contribution in [0.25, 0.3) is 0 Å². The van der Waals surface area contributed by atoms with Gasteiger partial charge in [0.05, 0.1) is 6.10 Å². The Morgan fingerprint density at radius 1 is 1.50 bits per heavy atom. The van der Waals surface area contributed by atoms with Gasteiger partial charge in [0.25, 0.3) is 0 Å². The first-order valence-corrected chi connectivity index (χ1v) is 2.33. The topological polar surface area (TPSA) is 32.3 Å². The van der Waals surface area contributed by atoms with Crippen LogP contribution in [0.4, 0.5) is 4.39 Å². The Labute approximate surface area is 53.5 Å². The average molecular weight is 142 g/mol. The summed E-state index contributed by atoms with van der Waals surface area (Å²) < 4.78 is 12.0. The molecule has 2 N–H and O–H groups in total. The van der Waals surface area contributed by atoms with Crippen LogP contribution in [-0.4, -0.2) is 30.5 Å². The van der Waals surface area contributed by atoms with Gasteiger partial charge < -0.3 is 10.4 Å². The van der Waals surface area contributed by atoms with E-state index in [9.17, 15) is 4.39 Å². The first kappa shape index (κ1) is 8.14. The first-order valence-electron chi connectivity index (χ1n) is 2.33. The highest BCUT2D eigenvalue weighted by Gasteiger charge is 2.23. The molecule has 1 fully saturated rings. The molecule has 1 aliphatic rings. The molecule has 4 heteroatoms. The third kappa shape index (κ3) is 1.58. The smallest absolute Gasteiger partial charge is 0.139 e. The number of alkyl halides is 1. The van der Waals surface area contributed by atoms with Gasteiger partial charge in [-0.05, 0) is 0 Å². The summed E-state index contributed by atoms with van der Waals surface area (Å²) in [6, 6.07) is 0. The Morgan fingerprint density at radius 2 is 2.12 bits per heavy atom. The van der Waals surface area contributed by atoms with Crippen molar-refractivity contribution in [2.45, 2.75) is 12.3 Å². The van der Waals surface area contributed by atoms with Gasteiger partial charge in [0, 0.05) is 13.1 Å². The van der Waals surface area contributed by atoms with Crippen molar-refractivity contribution in [2.24, 2.45) is 0 Å². The fourth-order valence-corrected chi connectivity index (χ4v) is 0.633. The molecule has 0 aromatic heterocycles. The van der Waals surface area contributed by atoms with Crippen LogP contribution >= 0.6 is 12.4 Å². The van der Waals surface area contributed by atoms with E-state index >= 15 is 0 Å². The number of nitrogens with one attached hydrogen (secondary N) is 1. The Balaban J connectivity index is 0.000000490.